The van der Waals surface area contributed by atoms with Crippen LogP contribution in [0.5, 0.6) is 11.5 Å². The zero-order valence-corrected chi connectivity index (χ0v) is 11.4. The summed E-state index contributed by atoms with van der Waals surface area (Å²) in [6.07, 6.45) is -0.228. The van der Waals surface area contributed by atoms with Crippen LogP contribution in [0.4, 0.5) is 8.78 Å². The maximum Gasteiger partial charge on any atom is 0.320 e. The van der Waals surface area contributed by atoms with Crippen molar-refractivity contribution < 1.29 is 28.2 Å². The van der Waals surface area contributed by atoms with Crippen molar-refractivity contribution in [2.24, 2.45) is 5.73 Å². The highest BCUT2D eigenvalue weighted by molar-refractivity contribution is 5.73. The third-order valence-corrected chi connectivity index (χ3v) is 2.84. The van der Waals surface area contributed by atoms with E-state index in [1.807, 2.05) is 0 Å². The van der Waals surface area contributed by atoms with E-state index < -0.39 is 17.9 Å². The van der Waals surface area contributed by atoms with Gasteiger partial charge in [0.25, 0.3) is 5.92 Å². The molecule has 0 aromatic heterocycles. The number of nitrogens with two attached hydrogens (primary N) is 1. The molecule has 112 valence electrons. The second-order valence-corrected chi connectivity index (χ2v) is 4.40. The van der Waals surface area contributed by atoms with Crippen molar-refractivity contribution in [3.05, 3.63) is 23.3 Å². The third-order valence-electron chi connectivity index (χ3n) is 2.84. The molecule has 0 spiro atoms. The maximum atomic E-state index is 13.6. The Hall–Kier alpha value is -1.89. The van der Waals surface area contributed by atoms with Crippen LogP contribution in [0.3, 0.4) is 0 Å². The molecule has 0 radical (unpaired) electrons. The van der Waals surface area contributed by atoms with Gasteiger partial charge in [0.15, 0.2) is 11.5 Å². The predicted molar refractivity (Wildman–Crippen MR) is 68.4 cm³/mol. The van der Waals surface area contributed by atoms with Crippen molar-refractivity contribution in [3.8, 4) is 11.5 Å². The molecule has 0 aliphatic rings. The number of hydrogen-bond donors (Lipinski definition) is 2. The minimum absolute atomic E-state index is 0.116. The lowest BCUT2D eigenvalue weighted by Gasteiger charge is -2.20. The van der Waals surface area contributed by atoms with Gasteiger partial charge in [-0.05, 0) is 24.1 Å². The van der Waals surface area contributed by atoms with Crippen molar-refractivity contribution in [3.63, 3.8) is 0 Å². The summed E-state index contributed by atoms with van der Waals surface area (Å²) in [6, 6.07) is 1.20. The summed E-state index contributed by atoms with van der Waals surface area (Å²) < 4.78 is 37.3. The monoisotopic (exact) mass is 289 g/mol. The molecule has 0 heterocycles. The van der Waals surface area contributed by atoms with Crippen LogP contribution in [-0.2, 0) is 17.1 Å². The van der Waals surface area contributed by atoms with Gasteiger partial charge in [-0.25, -0.2) is 8.78 Å². The average molecular weight is 289 g/mol. The first kappa shape index (κ1) is 16.2. The van der Waals surface area contributed by atoms with Gasteiger partial charge in [0.05, 0.1) is 14.2 Å². The summed E-state index contributed by atoms with van der Waals surface area (Å²) in [5.41, 5.74) is 5.20. The van der Waals surface area contributed by atoms with Gasteiger partial charge in [-0.2, -0.15) is 0 Å². The normalized spacial score (nSPS) is 12.9. The van der Waals surface area contributed by atoms with Crippen LogP contribution in [-0.4, -0.2) is 31.3 Å². The number of rotatable bonds is 6. The molecule has 3 N–H and O–H groups in total. The molecule has 0 fully saturated rings. The fourth-order valence-electron chi connectivity index (χ4n) is 1.82. The van der Waals surface area contributed by atoms with Crippen LogP contribution >= 0.6 is 0 Å². The van der Waals surface area contributed by atoms with E-state index in [1.165, 1.54) is 20.3 Å². The minimum Gasteiger partial charge on any atom is -0.493 e. The van der Waals surface area contributed by atoms with Crippen LogP contribution in [0.25, 0.3) is 0 Å². The Labute approximate surface area is 115 Å². The molecule has 0 aliphatic heterocycles. The van der Waals surface area contributed by atoms with E-state index in [0.29, 0.717) is 0 Å². The number of hydrogen-bond acceptors (Lipinski definition) is 4. The van der Waals surface area contributed by atoms with E-state index in [9.17, 15) is 13.6 Å². The Bertz CT molecular complexity index is 500. The SMILES string of the molecule is COc1cc(CC(N)C(=O)O)c(C(C)(F)F)cc1OC. The lowest BCUT2D eigenvalue weighted by atomic mass is 9.96. The van der Waals surface area contributed by atoms with Gasteiger partial charge in [0.2, 0.25) is 0 Å². The minimum atomic E-state index is -3.15. The number of ether oxygens (including phenoxy) is 2. The van der Waals surface area contributed by atoms with Crippen molar-refractivity contribution in [1.29, 1.82) is 0 Å². The quantitative estimate of drug-likeness (QED) is 0.834. The Balaban J connectivity index is 3.35. The second-order valence-electron chi connectivity index (χ2n) is 4.40. The molecule has 0 amide bonds. The lowest BCUT2D eigenvalue weighted by Crippen LogP contribution is -2.33. The molecular formula is C13H17F2NO4. The van der Waals surface area contributed by atoms with E-state index in [1.54, 1.807) is 0 Å². The molecule has 0 bridgehead atoms. The Kier molecular flexibility index (Phi) is 4.88. The number of aliphatic carboxylic acids is 1. The molecule has 0 saturated carbocycles. The summed E-state index contributed by atoms with van der Waals surface area (Å²) in [4.78, 5) is 10.8. The van der Waals surface area contributed by atoms with E-state index in [-0.39, 0.29) is 29.0 Å². The van der Waals surface area contributed by atoms with Crippen LogP contribution in [0.1, 0.15) is 18.1 Å². The Morgan fingerprint density at radius 2 is 1.85 bits per heavy atom. The molecule has 1 aromatic carbocycles. The summed E-state index contributed by atoms with van der Waals surface area (Å²) >= 11 is 0. The number of methoxy groups -OCH3 is 2. The Morgan fingerprint density at radius 3 is 2.25 bits per heavy atom. The van der Waals surface area contributed by atoms with Gasteiger partial charge >= 0.3 is 5.97 Å². The highest BCUT2D eigenvalue weighted by atomic mass is 19.3. The van der Waals surface area contributed by atoms with Crippen molar-refractivity contribution in [1.82, 2.24) is 0 Å². The van der Waals surface area contributed by atoms with E-state index >= 15 is 0 Å². The van der Waals surface area contributed by atoms with Crippen molar-refractivity contribution in [2.45, 2.75) is 25.3 Å². The summed E-state index contributed by atoms with van der Waals surface area (Å²) in [5.74, 6) is -4.01. The van der Waals surface area contributed by atoms with Crippen LogP contribution < -0.4 is 15.2 Å². The predicted octanol–water partition coefficient (Wildman–Crippen LogP) is 1.77. The first-order valence-corrected chi connectivity index (χ1v) is 5.82. The number of carboxylic acid groups (broad SMARTS) is 1. The van der Waals surface area contributed by atoms with Crippen molar-refractivity contribution in [2.75, 3.05) is 14.2 Å². The first-order valence-electron chi connectivity index (χ1n) is 5.82. The second kappa shape index (κ2) is 6.04. The van der Waals surface area contributed by atoms with Crippen LogP contribution in [0.15, 0.2) is 12.1 Å². The zero-order chi connectivity index (χ0) is 15.5. The molecule has 1 atom stereocenters. The van der Waals surface area contributed by atoms with Gasteiger partial charge in [0, 0.05) is 12.5 Å². The standard InChI is InChI=1S/C13H17F2NO4/c1-13(14,15)8-6-11(20-3)10(19-2)5-7(8)4-9(16)12(17)18/h5-6,9H,4,16H2,1-3H3,(H,17,18). The van der Waals surface area contributed by atoms with Gasteiger partial charge < -0.3 is 20.3 Å². The molecule has 20 heavy (non-hydrogen) atoms. The molecular weight excluding hydrogens is 272 g/mol. The molecule has 0 aliphatic carbocycles. The topological polar surface area (TPSA) is 81.8 Å². The number of carbonyl (C=O) groups is 1. The molecule has 0 saturated heterocycles. The summed E-state index contributed by atoms with van der Waals surface area (Å²) in [5, 5.41) is 8.80. The van der Waals surface area contributed by atoms with Gasteiger partial charge in [0.1, 0.15) is 6.04 Å². The van der Waals surface area contributed by atoms with E-state index in [0.717, 1.165) is 13.0 Å². The van der Waals surface area contributed by atoms with Gasteiger partial charge in [-0.1, -0.05) is 0 Å². The molecule has 7 heteroatoms. The van der Waals surface area contributed by atoms with Crippen LogP contribution in [0, 0.1) is 0 Å². The summed E-state index contributed by atoms with van der Waals surface area (Å²) in [6.45, 7) is 0.726. The average Bonchev–Trinajstić information content (AvgIpc) is 2.36. The highest BCUT2D eigenvalue weighted by Gasteiger charge is 2.30. The number of carboxylic acids is 1. The van der Waals surface area contributed by atoms with Gasteiger partial charge in [-0.15, -0.1) is 0 Å². The smallest absolute Gasteiger partial charge is 0.320 e. The molecule has 1 rings (SSSR count). The highest BCUT2D eigenvalue weighted by Crippen LogP contribution is 2.38. The molecule has 1 unspecified atom stereocenters. The Morgan fingerprint density at radius 1 is 1.35 bits per heavy atom. The fraction of sp³-hybridized carbons (Fsp3) is 0.462. The van der Waals surface area contributed by atoms with E-state index in [2.05, 4.69) is 0 Å². The number of halogens is 2. The summed E-state index contributed by atoms with van der Waals surface area (Å²) in [7, 11) is 2.70. The maximum absolute atomic E-state index is 13.6. The van der Waals surface area contributed by atoms with Gasteiger partial charge in [-0.3, -0.25) is 4.79 Å². The largest absolute Gasteiger partial charge is 0.493 e. The van der Waals surface area contributed by atoms with E-state index in [4.69, 9.17) is 20.3 Å². The number of benzene rings is 1. The zero-order valence-electron chi connectivity index (χ0n) is 11.4. The number of alkyl halides is 2. The lowest BCUT2D eigenvalue weighted by molar-refractivity contribution is -0.138. The van der Waals surface area contributed by atoms with Crippen molar-refractivity contribution >= 4 is 5.97 Å². The fourth-order valence-corrected chi connectivity index (χ4v) is 1.82. The van der Waals surface area contributed by atoms with Crippen LogP contribution in [0.2, 0.25) is 0 Å². The third kappa shape index (κ3) is 3.57. The molecule has 5 nitrogen and oxygen atoms in total. The first-order chi connectivity index (χ1) is 9.20. The molecule has 1 aromatic rings.